The number of rotatable bonds is 5. The van der Waals surface area contributed by atoms with Crippen molar-refractivity contribution in [2.45, 2.75) is 38.1 Å². The molecule has 3 aliphatic rings. The zero-order valence-corrected chi connectivity index (χ0v) is 15.7. The van der Waals surface area contributed by atoms with Gasteiger partial charge in [-0.3, -0.25) is 4.90 Å². The van der Waals surface area contributed by atoms with Crippen LogP contribution in [0.3, 0.4) is 0 Å². The monoisotopic (exact) mass is 367 g/mol. The van der Waals surface area contributed by atoms with Crippen LogP contribution in [-0.4, -0.2) is 57.0 Å². The van der Waals surface area contributed by atoms with Crippen molar-refractivity contribution < 1.29 is 9.47 Å². The van der Waals surface area contributed by atoms with Crippen LogP contribution in [0, 0.1) is 0 Å². The lowest BCUT2D eigenvalue weighted by Crippen LogP contribution is -2.49. The molecule has 1 N–H and O–H groups in total. The summed E-state index contributed by atoms with van der Waals surface area (Å²) < 4.78 is 11.1. The molecule has 1 saturated carbocycles. The van der Waals surface area contributed by atoms with Crippen LogP contribution < -0.4 is 19.7 Å². The maximum Gasteiger partial charge on any atom is 0.231 e. The average Bonchev–Trinajstić information content (AvgIpc) is 3.12. The van der Waals surface area contributed by atoms with Gasteiger partial charge in [0, 0.05) is 45.3 Å². The first-order chi connectivity index (χ1) is 11.9. The van der Waals surface area contributed by atoms with Gasteiger partial charge < -0.3 is 19.7 Å². The number of halogens is 1. The van der Waals surface area contributed by atoms with Crippen LogP contribution in [0.2, 0.25) is 0 Å². The number of hydrogen-bond donors (Lipinski definition) is 1. The average molecular weight is 368 g/mol. The highest BCUT2D eigenvalue weighted by Gasteiger charge is 2.24. The summed E-state index contributed by atoms with van der Waals surface area (Å²) >= 11 is 0. The summed E-state index contributed by atoms with van der Waals surface area (Å²) in [6.45, 7) is 7.00. The van der Waals surface area contributed by atoms with Gasteiger partial charge in [0.2, 0.25) is 6.79 Å². The van der Waals surface area contributed by atoms with Crippen LogP contribution in [0.25, 0.3) is 0 Å². The van der Waals surface area contributed by atoms with Gasteiger partial charge in [-0.15, -0.1) is 12.4 Å². The van der Waals surface area contributed by atoms with E-state index in [2.05, 4.69) is 27.2 Å². The van der Waals surface area contributed by atoms with Crippen molar-refractivity contribution in [2.75, 3.05) is 51.0 Å². The van der Waals surface area contributed by atoms with Crippen LogP contribution in [0.15, 0.2) is 18.2 Å². The number of fused-ring (bicyclic) bond motifs is 1. The number of anilines is 1. The van der Waals surface area contributed by atoms with Gasteiger partial charge in [0.25, 0.3) is 0 Å². The fourth-order valence-electron chi connectivity index (χ4n) is 4.11. The van der Waals surface area contributed by atoms with Crippen molar-refractivity contribution in [3.8, 4) is 11.5 Å². The van der Waals surface area contributed by atoms with Gasteiger partial charge in [0.15, 0.2) is 11.5 Å². The molecule has 6 heteroatoms. The predicted molar refractivity (Wildman–Crippen MR) is 103 cm³/mol. The molecular weight excluding hydrogens is 338 g/mol. The van der Waals surface area contributed by atoms with Crippen LogP contribution in [0.4, 0.5) is 5.69 Å². The third kappa shape index (κ3) is 4.52. The molecule has 5 nitrogen and oxygen atoms in total. The maximum atomic E-state index is 5.65. The first kappa shape index (κ1) is 18.6. The number of piperazine rings is 1. The summed E-state index contributed by atoms with van der Waals surface area (Å²) in [5, 5.41) is 3.75. The van der Waals surface area contributed by atoms with Gasteiger partial charge in [0.1, 0.15) is 0 Å². The molecule has 2 aliphatic heterocycles. The zero-order chi connectivity index (χ0) is 16.2. The van der Waals surface area contributed by atoms with Crippen LogP contribution in [0.5, 0.6) is 11.5 Å². The maximum absolute atomic E-state index is 5.65. The molecular formula is C19H30ClN3O2. The smallest absolute Gasteiger partial charge is 0.231 e. The Balaban J connectivity index is 0.00000182. The zero-order valence-electron chi connectivity index (χ0n) is 14.9. The van der Waals surface area contributed by atoms with E-state index in [0.29, 0.717) is 6.79 Å². The second kappa shape index (κ2) is 8.97. The molecule has 0 unspecified atom stereocenters. The van der Waals surface area contributed by atoms with E-state index in [1.165, 1.54) is 37.8 Å². The summed E-state index contributed by atoms with van der Waals surface area (Å²) in [7, 11) is 0. The van der Waals surface area contributed by atoms with E-state index in [9.17, 15) is 0 Å². The molecule has 140 valence electrons. The Labute approximate surface area is 157 Å². The van der Waals surface area contributed by atoms with Gasteiger partial charge in [-0.1, -0.05) is 25.3 Å². The fourth-order valence-corrected chi connectivity index (χ4v) is 4.11. The Morgan fingerprint density at radius 2 is 1.80 bits per heavy atom. The van der Waals surface area contributed by atoms with E-state index in [1.54, 1.807) is 0 Å². The van der Waals surface area contributed by atoms with Crippen molar-refractivity contribution in [1.29, 1.82) is 0 Å². The van der Waals surface area contributed by atoms with Gasteiger partial charge in [-0.05, 0) is 25.0 Å². The van der Waals surface area contributed by atoms with Crippen molar-refractivity contribution in [1.82, 2.24) is 10.2 Å². The SMILES string of the molecule is Cl.c1cc2c(c(N3CCN(CCNC4CCCCC4)CC3)c1)OCO2. The summed E-state index contributed by atoms with van der Waals surface area (Å²) in [5.41, 5.74) is 1.19. The third-order valence-electron chi connectivity index (χ3n) is 5.56. The van der Waals surface area contributed by atoms with Crippen LogP contribution in [0.1, 0.15) is 32.1 Å². The van der Waals surface area contributed by atoms with Crippen LogP contribution in [-0.2, 0) is 0 Å². The molecule has 0 amide bonds. The number of nitrogens with zero attached hydrogens (tertiary/aromatic N) is 2. The number of ether oxygens (including phenoxy) is 2. The van der Waals surface area contributed by atoms with E-state index in [0.717, 1.165) is 56.8 Å². The summed E-state index contributed by atoms with van der Waals surface area (Å²) in [6.07, 6.45) is 6.98. The molecule has 4 rings (SSSR count). The first-order valence-corrected chi connectivity index (χ1v) is 9.49. The highest BCUT2D eigenvalue weighted by Crippen LogP contribution is 2.41. The highest BCUT2D eigenvalue weighted by molar-refractivity contribution is 5.85. The van der Waals surface area contributed by atoms with Crippen molar-refractivity contribution >= 4 is 18.1 Å². The molecule has 0 radical (unpaired) electrons. The van der Waals surface area contributed by atoms with E-state index >= 15 is 0 Å². The first-order valence-electron chi connectivity index (χ1n) is 9.49. The van der Waals surface area contributed by atoms with E-state index in [1.807, 2.05) is 6.07 Å². The van der Waals surface area contributed by atoms with Crippen molar-refractivity contribution in [3.63, 3.8) is 0 Å². The largest absolute Gasteiger partial charge is 0.454 e. The summed E-state index contributed by atoms with van der Waals surface area (Å²) in [4.78, 5) is 5.01. The van der Waals surface area contributed by atoms with E-state index < -0.39 is 0 Å². The summed E-state index contributed by atoms with van der Waals surface area (Å²) in [5.74, 6) is 1.80. The fraction of sp³-hybridized carbons (Fsp3) is 0.684. The molecule has 0 atom stereocenters. The van der Waals surface area contributed by atoms with Gasteiger partial charge in [0.05, 0.1) is 5.69 Å². The lowest BCUT2D eigenvalue weighted by Gasteiger charge is -2.36. The Morgan fingerprint density at radius 1 is 1.00 bits per heavy atom. The topological polar surface area (TPSA) is 37.0 Å². The quantitative estimate of drug-likeness (QED) is 0.866. The molecule has 25 heavy (non-hydrogen) atoms. The Kier molecular flexibility index (Phi) is 6.68. The molecule has 0 spiro atoms. The van der Waals surface area contributed by atoms with Crippen LogP contribution >= 0.6 is 12.4 Å². The summed E-state index contributed by atoms with van der Waals surface area (Å²) in [6, 6.07) is 6.96. The van der Waals surface area contributed by atoms with Gasteiger partial charge >= 0.3 is 0 Å². The molecule has 1 aromatic rings. The lowest BCUT2D eigenvalue weighted by molar-refractivity contribution is 0.174. The minimum atomic E-state index is 0. The molecule has 2 fully saturated rings. The molecule has 1 aliphatic carbocycles. The van der Waals surface area contributed by atoms with E-state index in [4.69, 9.17) is 9.47 Å². The lowest BCUT2D eigenvalue weighted by atomic mass is 9.95. The Hall–Kier alpha value is -1.17. The number of nitrogens with one attached hydrogen (secondary N) is 1. The Morgan fingerprint density at radius 3 is 2.60 bits per heavy atom. The standard InChI is InChI=1S/C19H29N3O2.ClH/c1-2-5-16(6-3-1)20-9-10-21-11-13-22(14-12-21)17-7-4-8-18-19(17)24-15-23-18;/h4,7-8,16,20H,1-3,5-6,9-15H2;1H. The van der Waals surface area contributed by atoms with Crippen molar-refractivity contribution in [3.05, 3.63) is 18.2 Å². The number of para-hydroxylation sites is 1. The number of benzene rings is 1. The minimum Gasteiger partial charge on any atom is -0.454 e. The molecule has 2 heterocycles. The van der Waals surface area contributed by atoms with Crippen molar-refractivity contribution in [2.24, 2.45) is 0 Å². The highest BCUT2D eigenvalue weighted by atomic mass is 35.5. The minimum absolute atomic E-state index is 0. The van der Waals surface area contributed by atoms with Gasteiger partial charge in [-0.25, -0.2) is 0 Å². The third-order valence-corrected chi connectivity index (χ3v) is 5.56. The predicted octanol–water partition coefficient (Wildman–Crippen LogP) is 2.88. The number of hydrogen-bond acceptors (Lipinski definition) is 5. The molecule has 0 aromatic heterocycles. The van der Waals surface area contributed by atoms with Gasteiger partial charge in [-0.2, -0.15) is 0 Å². The molecule has 0 bridgehead atoms. The normalized spacial score (nSPS) is 21.2. The Bertz CT molecular complexity index is 543. The van der Waals surface area contributed by atoms with E-state index in [-0.39, 0.29) is 12.4 Å². The molecule has 1 aromatic carbocycles. The second-order valence-electron chi connectivity index (χ2n) is 7.13. The molecule has 1 saturated heterocycles. The second-order valence-corrected chi connectivity index (χ2v) is 7.13.